The summed E-state index contributed by atoms with van der Waals surface area (Å²) in [6, 6.07) is 16.5. The van der Waals surface area contributed by atoms with Crippen LogP contribution in [0.2, 0.25) is 0 Å². The van der Waals surface area contributed by atoms with Gasteiger partial charge >= 0.3 is 0 Å². The topological polar surface area (TPSA) is 86.2 Å². The Hall–Kier alpha value is -3.19. The van der Waals surface area contributed by atoms with Crippen molar-refractivity contribution in [1.82, 2.24) is 10.3 Å². The lowest BCUT2D eigenvalue weighted by molar-refractivity contribution is 0.422. The van der Waals surface area contributed by atoms with Crippen molar-refractivity contribution >= 4 is 9.84 Å². The van der Waals surface area contributed by atoms with Gasteiger partial charge < -0.3 is 9.05 Å². The van der Waals surface area contributed by atoms with Crippen molar-refractivity contribution < 1.29 is 17.5 Å². The predicted octanol–water partition coefficient (Wildman–Crippen LogP) is 3.83. The second-order valence-electron chi connectivity index (χ2n) is 5.32. The summed E-state index contributed by atoms with van der Waals surface area (Å²) in [5, 5.41) is 7.67. The molecule has 0 saturated heterocycles. The number of hydrogen-bond donors (Lipinski definition) is 0. The summed E-state index contributed by atoms with van der Waals surface area (Å²) in [5.74, 6) is 0. The van der Waals surface area contributed by atoms with Gasteiger partial charge in [0.05, 0.1) is 9.79 Å². The summed E-state index contributed by atoms with van der Waals surface area (Å²) in [5.41, 5.74) is 2.88. The predicted molar refractivity (Wildman–Crippen MR) is 89.3 cm³/mol. The molecule has 124 valence electrons. The fraction of sp³-hybridized carbons (Fsp3) is 0. The van der Waals surface area contributed by atoms with Gasteiger partial charge in [-0.25, -0.2) is 8.42 Å². The van der Waals surface area contributed by atoms with E-state index in [0.717, 1.165) is 11.1 Å². The van der Waals surface area contributed by atoms with E-state index in [4.69, 9.17) is 9.05 Å². The smallest absolute Gasteiger partial charge is 0.206 e. The Balaban J connectivity index is 1.65. The second kappa shape index (κ2) is 6.03. The van der Waals surface area contributed by atoms with Crippen LogP contribution < -0.4 is 0 Å². The van der Waals surface area contributed by atoms with Crippen LogP contribution in [0, 0.1) is 0 Å². The highest BCUT2D eigenvalue weighted by Crippen LogP contribution is 2.26. The van der Waals surface area contributed by atoms with Gasteiger partial charge in [-0.3, -0.25) is 0 Å². The van der Waals surface area contributed by atoms with Crippen molar-refractivity contribution in [3.8, 4) is 22.5 Å². The molecular formula is C18H12N2O4S. The minimum absolute atomic E-state index is 0.217. The number of hydrogen-bond acceptors (Lipinski definition) is 6. The number of rotatable bonds is 4. The quantitative estimate of drug-likeness (QED) is 0.555. The molecule has 0 aliphatic heterocycles. The van der Waals surface area contributed by atoms with Crippen LogP contribution in [0.15, 0.2) is 92.0 Å². The lowest BCUT2D eigenvalue weighted by Crippen LogP contribution is -2.01. The maximum atomic E-state index is 12.8. The first-order valence-corrected chi connectivity index (χ1v) is 8.90. The molecule has 7 heteroatoms. The van der Waals surface area contributed by atoms with Gasteiger partial charge in [0.15, 0.2) is 0 Å². The van der Waals surface area contributed by atoms with Gasteiger partial charge in [0.1, 0.15) is 23.9 Å². The molecule has 4 rings (SSSR count). The van der Waals surface area contributed by atoms with E-state index in [9.17, 15) is 8.42 Å². The Labute approximate surface area is 143 Å². The standard InChI is InChI=1S/C18H12N2O4S/c21-25(22,15-5-1-13(2-6-15)17-9-11-23-19-17)16-7-3-14(4-8-16)18-10-12-24-20-18/h1-12H. The SMILES string of the molecule is O=S(=O)(c1ccc(-c2ccon2)cc1)c1ccc(-c2ccon2)cc1. The van der Waals surface area contributed by atoms with Crippen molar-refractivity contribution in [3.05, 3.63) is 73.2 Å². The molecule has 0 aliphatic carbocycles. The third kappa shape index (κ3) is 2.85. The molecule has 0 saturated carbocycles. The van der Waals surface area contributed by atoms with Gasteiger partial charge in [-0.05, 0) is 24.3 Å². The van der Waals surface area contributed by atoms with E-state index in [0.29, 0.717) is 11.4 Å². The number of aromatic nitrogens is 2. The lowest BCUT2D eigenvalue weighted by Gasteiger charge is -2.06. The van der Waals surface area contributed by atoms with Gasteiger partial charge in [0.25, 0.3) is 0 Å². The monoisotopic (exact) mass is 352 g/mol. The van der Waals surface area contributed by atoms with Gasteiger partial charge in [-0.15, -0.1) is 0 Å². The minimum atomic E-state index is -3.60. The summed E-state index contributed by atoms with van der Waals surface area (Å²) in [6.45, 7) is 0. The van der Waals surface area contributed by atoms with Crippen LogP contribution in [-0.2, 0) is 9.84 Å². The third-order valence-corrected chi connectivity index (χ3v) is 5.58. The summed E-state index contributed by atoms with van der Waals surface area (Å²) >= 11 is 0. The van der Waals surface area contributed by atoms with E-state index in [1.54, 1.807) is 60.7 Å². The van der Waals surface area contributed by atoms with E-state index >= 15 is 0 Å². The molecular weight excluding hydrogens is 340 g/mol. The van der Waals surface area contributed by atoms with E-state index in [-0.39, 0.29) is 9.79 Å². The number of nitrogens with zero attached hydrogens (tertiary/aromatic N) is 2. The Morgan fingerprint density at radius 2 is 1.00 bits per heavy atom. The summed E-state index contributed by atoms with van der Waals surface area (Å²) in [7, 11) is -3.60. The molecule has 4 aromatic rings. The van der Waals surface area contributed by atoms with Gasteiger partial charge in [-0.2, -0.15) is 0 Å². The molecule has 6 nitrogen and oxygen atoms in total. The molecule has 0 unspecified atom stereocenters. The number of benzene rings is 2. The van der Waals surface area contributed by atoms with Crippen molar-refractivity contribution in [1.29, 1.82) is 0 Å². The van der Waals surface area contributed by atoms with Gasteiger partial charge in [0, 0.05) is 23.3 Å². The van der Waals surface area contributed by atoms with Crippen molar-refractivity contribution in [3.63, 3.8) is 0 Å². The highest BCUT2D eigenvalue weighted by Gasteiger charge is 2.18. The zero-order chi connectivity index (χ0) is 17.3. The second-order valence-corrected chi connectivity index (χ2v) is 7.27. The molecule has 25 heavy (non-hydrogen) atoms. The van der Waals surface area contributed by atoms with Gasteiger partial charge in [0.2, 0.25) is 9.84 Å². The first-order chi connectivity index (χ1) is 12.1. The Morgan fingerprint density at radius 3 is 1.32 bits per heavy atom. The molecule has 0 spiro atoms. The Bertz CT molecular complexity index is 983. The normalized spacial score (nSPS) is 11.5. The van der Waals surface area contributed by atoms with Crippen molar-refractivity contribution in [2.45, 2.75) is 9.79 Å². The largest absolute Gasteiger partial charge is 0.364 e. The van der Waals surface area contributed by atoms with Gasteiger partial charge in [-0.1, -0.05) is 34.6 Å². The molecule has 0 fully saturated rings. The Morgan fingerprint density at radius 1 is 0.600 bits per heavy atom. The maximum absolute atomic E-state index is 12.8. The summed E-state index contributed by atoms with van der Waals surface area (Å²) in [4.78, 5) is 0.433. The fourth-order valence-electron chi connectivity index (χ4n) is 2.47. The highest BCUT2D eigenvalue weighted by atomic mass is 32.2. The average molecular weight is 352 g/mol. The van der Waals surface area contributed by atoms with Crippen LogP contribution in [0.5, 0.6) is 0 Å². The summed E-state index contributed by atoms with van der Waals surface area (Å²) < 4.78 is 35.1. The van der Waals surface area contributed by atoms with Crippen LogP contribution >= 0.6 is 0 Å². The molecule has 0 atom stereocenters. The summed E-state index contributed by atoms with van der Waals surface area (Å²) in [6.07, 6.45) is 2.94. The minimum Gasteiger partial charge on any atom is -0.364 e. The van der Waals surface area contributed by atoms with E-state index < -0.39 is 9.84 Å². The fourth-order valence-corrected chi connectivity index (χ4v) is 3.73. The highest BCUT2D eigenvalue weighted by molar-refractivity contribution is 7.91. The van der Waals surface area contributed by atoms with Crippen molar-refractivity contribution in [2.24, 2.45) is 0 Å². The number of sulfone groups is 1. The van der Waals surface area contributed by atoms with Crippen molar-refractivity contribution in [2.75, 3.05) is 0 Å². The zero-order valence-corrected chi connectivity index (χ0v) is 13.7. The maximum Gasteiger partial charge on any atom is 0.206 e. The first kappa shape index (κ1) is 15.3. The van der Waals surface area contributed by atoms with Crippen LogP contribution in [0.1, 0.15) is 0 Å². The molecule has 2 aromatic carbocycles. The first-order valence-electron chi connectivity index (χ1n) is 7.41. The van der Waals surface area contributed by atoms with Crippen LogP contribution in [-0.4, -0.2) is 18.7 Å². The van der Waals surface area contributed by atoms with Crippen LogP contribution in [0.25, 0.3) is 22.5 Å². The molecule has 0 radical (unpaired) electrons. The van der Waals surface area contributed by atoms with Crippen LogP contribution in [0.3, 0.4) is 0 Å². The molecule has 0 N–H and O–H groups in total. The Kier molecular flexibility index (Phi) is 3.70. The molecule has 0 amide bonds. The molecule has 0 aliphatic rings. The average Bonchev–Trinajstić information content (AvgIpc) is 3.36. The van der Waals surface area contributed by atoms with E-state index in [1.807, 2.05) is 0 Å². The third-order valence-electron chi connectivity index (χ3n) is 3.80. The molecule has 2 heterocycles. The zero-order valence-electron chi connectivity index (χ0n) is 12.9. The van der Waals surface area contributed by atoms with E-state index in [1.165, 1.54) is 12.5 Å². The van der Waals surface area contributed by atoms with Crippen LogP contribution in [0.4, 0.5) is 0 Å². The lowest BCUT2D eigenvalue weighted by atomic mass is 10.2. The van der Waals surface area contributed by atoms with E-state index in [2.05, 4.69) is 10.3 Å². The molecule has 2 aromatic heterocycles. The molecule has 0 bridgehead atoms.